The predicted octanol–water partition coefficient (Wildman–Crippen LogP) is 3.73. The summed E-state index contributed by atoms with van der Waals surface area (Å²) in [7, 11) is 2.90. The van der Waals surface area contributed by atoms with Gasteiger partial charge in [0.2, 0.25) is 0 Å². The van der Waals surface area contributed by atoms with Crippen molar-refractivity contribution in [3.05, 3.63) is 0 Å². The van der Waals surface area contributed by atoms with E-state index in [2.05, 4.69) is 6.92 Å². The molecular formula is C18H30O4. The summed E-state index contributed by atoms with van der Waals surface area (Å²) in [6, 6.07) is 0. The van der Waals surface area contributed by atoms with Gasteiger partial charge in [-0.25, -0.2) is 0 Å². The summed E-state index contributed by atoms with van der Waals surface area (Å²) in [5.74, 6) is -0.160. The van der Waals surface area contributed by atoms with Crippen molar-refractivity contribution < 1.29 is 19.1 Å². The molecule has 0 aromatic heterocycles. The third kappa shape index (κ3) is 2.89. The van der Waals surface area contributed by atoms with Gasteiger partial charge < -0.3 is 9.47 Å². The second-order valence-corrected chi connectivity index (χ2v) is 8.26. The van der Waals surface area contributed by atoms with Crippen LogP contribution in [0.3, 0.4) is 0 Å². The zero-order valence-corrected chi connectivity index (χ0v) is 14.7. The van der Waals surface area contributed by atoms with Crippen LogP contribution in [0.4, 0.5) is 0 Å². The van der Waals surface area contributed by atoms with Crippen molar-refractivity contribution in [3.63, 3.8) is 0 Å². The molecule has 0 saturated heterocycles. The van der Waals surface area contributed by atoms with Crippen LogP contribution in [0.5, 0.6) is 0 Å². The largest absolute Gasteiger partial charge is 0.469 e. The lowest BCUT2D eigenvalue weighted by molar-refractivity contribution is -0.170. The van der Waals surface area contributed by atoms with Crippen LogP contribution < -0.4 is 0 Å². The molecule has 4 heteroatoms. The number of carbonyl (C=O) groups excluding carboxylic acids is 2. The fourth-order valence-corrected chi connectivity index (χ4v) is 5.37. The van der Waals surface area contributed by atoms with Crippen LogP contribution in [0.2, 0.25) is 0 Å². The number of esters is 2. The molecule has 4 nitrogen and oxygen atoms in total. The van der Waals surface area contributed by atoms with Crippen LogP contribution >= 0.6 is 0 Å². The highest BCUT2D eigenvalue weighted by atomic mass is 16.5. The molecule has 0 spiro atoms. The Hall–Kier alpha value is -1.06. The van der Waals surface area contributed by atoms with Gasteiger partial charge in [0.05, 0.1) is 26.1 Å². The topological polar surface area (TPSA) is 52.6 Å². The smallest absolute Gasteiger partial charge is 0.311 e. The summed E-state index contributed by atoms with van der Waals surface area (Å²) >= 11 is 0. The van der Waals surface area contributed by atoms with Crippen molar-refractivity contribution in [3.8, 4) is 0 Å². The first-order valence-corrected chi connectivity index (χ1v) is 8.34. The van der Waals surface area contributed by atoms with Crippen molar-refractivity contribution in [2.24, 2.45) is 22.2 Å². The highest BCUT2D eigenvalue weighted by molar-refractivity contribution is 5.77. The molecule has 0 aromatic carbocycles. The lowest BCUT2D eigenvalue weighted by Crippen LogP contribution is -2.53. The lowest BCUT2D eigenvalue weighted by Gasteiger charge is -2.58. The summed E-state index contributed by atoms with van der Waals surface area (Å²) < 4.78 is 10.0. The number of hydrogen-bond acceptors (Lipinski definition) is 4. The van der Waals surface area contributed by atoms with E-state index in [9.17, 15) is 9.59 Å². The van der Waals surface area contributed by atoms with E-state index in [1.165, 1.54) is 20.6 Å². The Morgan fingerprint density at radius 2 is 1.82 bits per heavy atom. The first kappa shape index (κ1) is 17.3. The molecule has 0 amide bonds. The predicted molar refractivity (Wildman–Crippen MR) is 84.2 cm³/mol. The molecule has 22 heavy (non-hydrogen) atoms. The summed E-state index contributed by atoms with van der Waals surface area (Å²) in [4.78, 5) is 24.4. The molecule has 2 saturated carbocycles. The maximum Gasteiger partial charge on any atom is 0.311 e. The fraction of sp³-hybridized carbons (Fsp3) is 0.889. The van der Waals surface area contributed by atoms with E-state index in [4.69, 9.17) is 9.47 Å². The molecule has 0 aromatic rings. The zero-order chi connectivity index (χ0) is 16.6. The lowest BCUT2D eigenvalue weighted by atomic mass is 9.46. The quantitative estimate of drug-likeness (QED) is 0.743. The van der Waals surface area contributed by atoms with E-state index >= 15 is 0 Å². The summed E-state index contributed by atoms with van der Waals surface area (Å²) in [6.45, 7) is 6.28. The number of fused-ring (bicyclic) bond motifs is 2. The number of hydrogen-bond donors (Lipinski definition) is 0. The van der Waals surface area contributed by atoms with Crippen LogP contribution in [-0.2, 0) is 19.1 Å². The van der Waals surface area contributed by atoms with Crippen molar-refractivity contribution >= 4 is 11.9 Å². The van der Waals surface area contributed by atoms with Crippen molar-refractivity contribution in [1.82, 2.24) is 0 Å². The zero-order valence-electron chi connectivity index (χ0n) is 14.7. The highest BCUT2D eigenvalue weighted by Crippen LogP contribution is 2.63. The molecular weight excluding hydrogens is 280 g/mol. The Bertz CT molecular complexity index is 456. The fourth-order valence-electron chi connectivity index (χ4n) is 5.37. The van der Waals surface area contributed by atoms with Gasteiger partial charge in [-0.05, 0) is 62.7 Å². The van der Waals surface area contributed by atoms with Crippen LogP contribution in [0.15, 0.2) is 0 Å². The molecule has 2 rings (SSSR count). The Kier molecular flexibility index (Phi) is 4.61. The molecule has 0 unspecified atom stereocenters. The van der Waals surface area contributed by atoms with E-state index in [-0.39, 0.29) is 23.3 Å². The van der Waals surface area contributed by atoms with Crippen LogP contribution in [0.1, 0.15) is 65.7 Å². The Morgan fingerprint density at radius 1 is 1.14 bits per heavy atom. The first-order chi connectivity index (χ1) is 10.2. The maximum atomic E-state index is 12.3. The molecule has 2 bridgehead atoms. The van der Waals surface area contributed by atoms with Crippen LogP contribution in [0.25, 0.3) is 0 Å². The van der Waals surface area contributed by atoms with E-state index in [1.54, 1.807) is 0 Å². The van der Waals surface area contributed by atoms with Gasteiger partial charge >= 0.3 is 11.9 Å². The SMILES string of the molecule is COC(=O)C[C@]12CCC[C@](C)(CC[C@@H]1C(C)(C)C(=O)OC)C2. The van der Waals surface area contributed by atoms with Crippen molar-refractivity contribution in [2.45, 2.75) is 65.7 Å². The molecule has 2 aliphatic carbocycles. The van der Waals surface area contributed by atoms with Gasteiger partial charge in [-0.15, -0.1) is 0 Å². The van der Waals surface area contributed by atoms with Gasteiger partial charge in [0, 0.05) is 0 Å². The summed E-state index contributed by atoms with van der Waals surface area (Å²) in [5.41, 5.74) is -0.396. The van der Waals surface area contributed by atoms with E-state index in [0.717, 1.165) is 32.1 Å². The Morgan fingerprint density at radius 3 is 2.41 bits per heavy atom. The van der Waals surface area contributed by atoms with Crippen molar-refractivity contribution in [1.29, 1.82) is 0 Å². The second kappa shape index (κ2) is 5.86. The number of ether oxygens (including phenoxy) is 2. The second-order valence-electron chi connectivity index (χ2n) is 8.26. The Balaban J connectivity index is 2.38. The molecule has 2 aliphatic rings. The number of methoxy groups -OCH3 is 2. The average molecular weight is 310 g/mol. The van der Waals surface area contributed by atoms with E-state index < -0.39 is 5.41 Å². The Labute approximate surface area is 133 Å². The van der Waals surface area contributed by atoms with Gasteiger partial charge in [0.1, 0.15) is 0 Å². The monoisotopic (exact) mass is 310 g/mol. The van der Waals surface area contributed by atoms with Gasteiger partial charge in [0.25, 0.3) is 0 Å². The number of carbonyl (C=O) groups is 2. The standard InChI is InChI=1S/C18H30O4/c1-16(2,15(20)22-5)13-7-10-17(3)8-6-9-18(13,12-17)11-14(19)21-4/h13H,6-12H2,1-5H3/t13-,17-,18+/m1/s1. The van der Waals surface area contributed by atoms with Gasteiger partial charge in [0.15, 0.2) is 0 Å². The molecule has 3 atom stereocenters. The maximum absolute atomic E-state index is 12.3. The molecule has 0 aliphatic heterocycles. The van der Waals surface area contributed by atoms with E-state index in [1.807, 2.05) is 13.8 Å². The van der Waals surface area contributed by atoms with Crippen LogP contribution in [-0.4, -0.2) is 26.2 Å². The molecule has 0 radical (unpaired) electrons. The molecule has 2 fully saturated rings. The summed E-state index contributed by atoms with van der Waals surface area (Å²) in [5, 5.41) is 0. The minimum absolute atomic E-state index is 0.129. The van der Waals surface area contributed by atoms with Crippen molar-refractivity contribution in [2.75, 3.05) is 14.2 Å². The van der Waals surface area contributed by atoms with Crippen LogP contribution in [0, 0.1) is 22.2 Å². The van der Waals surface area contributed by atoms with E-state index in [0.29, 0.717) is 11.8 Å². The first-order valence-electron chi connectivity index (χ1n) is 8.34. The molecule has 126 valence electrons. The summed E-state index contributed by atoms with van der Waals surface area (Å²) in [6.07, 6.45) is 6.90. The minimum atomic E-state index is -0.568. The third-order valence-electron chi connectivity index (χ3n) is 6.32. The van der Waals surface area contributed by atoms with Gasteiger partial charge in [-0.1, -0.05) is 13.3 Å². The third-order valence-corrected chi connectivity index (χ3v) is 6.32. The average Bonchev–Trinajstić information content (AvgIpc) is 2.44. The highest BCUT2D eigenvalue weighted by Gasteiger charge is 2.57. The minimum Gasteiger partial charge on any atom is -0.469 e. The van der Waals surface area contributed by atoms with Gasteiger partial charge in [-0.2, -0.15) is 0 Å². The number of rotatable bonds is 4. The van der Waals surface area contributed by atoms with Gasteiger partial charge in [-0.3, -0.25) is 9.59 Å². The molecule has 0 N–H and O–H groups in total. The molecule has 0 heterocycles. The normalized spacial score (nSPS) is 34.9.